The van der Waals surface area contributed by atoms with E-state index in [0.717, 1.165) is 18.2 Å². The van der Waals surface area contributed by atoms with Gasteiger partial charge in [-0.3, -0.25) is 14.9 Å². The minimum Gasteiger partial charge on any atom is -0.393 e. The number of carbonyl (C=O) groups excluding carboxylic acids is 1. The lowest BCUT2D eigenvalue weighted by Crippen LogP contribution is -2.39. The van der Waals surface area contributed by atoms with Gasteiger partial charge in [-0.15, -0.1) is 0 Å². The summed E-state index contributed by atoms with van der Waals surface area (Å²) in [6, 6.07) is 2.89. The minimum absolute atomic E-state index is 0.195. The van der Waals surface area contributed by atoms with Crippen LogP contribution >= 0.6 is 0 Å². The molecule has 0 aromatic heterocycles. The van der Waals surface area contributed by atoms with Crippen LogP contribution < -0.4 is 0 Å². The summed E-state index contributed by atoms with van der Waals surface area (Å²) in [6.45, 7) is 0.401. The van der Waals surface area contributed by atoms with Gasteiger partial charge in [0.05, 0.1) is 16.6 Å². The lowest BCUT2D eigenvalue weighted by Gasteiger charge is -2.34. The van der Waals surface area contributed by atoms with E-state index in [9.17, 15) is 24.4 Å². The summed E-state index contributed by atoms with van der Waals surface area (Å²) in [5, 5.41) is 19.8. The second-order valence-corrected chi connectivity index (χ2v) is 5.10. The molecule has 0 bridgehead atoms. The van der Waals surface area contributed by atoms with Gasteiger partial charge in [0.15, 0.2) is 0 Å². The molecular weight excluding hydrogens is 267 g/mol. The number of hydrogen-bond acceptors (Lipinski definition) is 4. The van der Waals surface area contributed by atoms with Crippen molar-refractivity contribution in [3.05, 3.63) is 39.7 Å². The van der Waals surface area contributed by atoms with Crippen molar-refractivity contribution < 1.29 is 19.2 Å². The van der Waals surface area contributed by atoms with E-state index < -0.39 is 16.6 Å². The predicted molar refractivity (Wildman–Crippen MR) is 68.7 cm³/mol. The maximum atomic E-state index is 13.6. The molecule has 0 saturated heterocycles. The lowest BCUT2D eigenvalue weighted by molar-refractivity contribution is -0.384. The monoisotopic (exact) mass is 282 g/mol. The third-order valence-electron chi connectivity index (χ3n) is 3.48. The average Bonchev–Trinajstić information content (AvgIpc) is 2.36. The number of halogens is 1. The second kappa shape index (κ2) is 5.54. The zero-order chi connectivity index (χ0) is 14.9. The van der Waals surface area contributed by atoms with E-state index in [2.05, 4.69) is 0 Å². The minimum atomic E-state index is -0.777. The summed E-state index contributed by atoms with van der Waals surface area (Å²) >= 11 is 0. The Morgan fingerprint density at radius 2 is 2.20 bits per heavy atom. The van der Waals surface area contributed by atoms with Crippen molar-refractivity contribution in [3.8, 4) is 0 Å². The Bertz CT molecular complexity index is 543. The Hall–Kier alpha value is -2.02. The Kier molecular flexibility index (Phi) is 3.99. The molecule has 1 aliphatic rings. The maximum Gasteiger partial charge on any atom is 0.270 e. The zero-order valence-electron chi connectivity index (χ0n) is 11.0. The molecule has 7 heteroatoms. The van der Waals surface area contributed by atoms with Crippen molar-refractivity contribution in [2.75, 3.05) is 13.6 Å². The largest absolute Gasteiger partial charge is 0.393 e. The number of hydrogen-bond donors (Lipinski definition) is 1. The molecule has 0 atom stereocenters. The molecule has 0 aliphatic heterocycles. The fraction of sp³-hybridized carbons (Fsp3) is 0.462. The summed E-state index contributed by atoms with van der Waals surface area (Å²) in [6.07, 6.45) is 0.919. The Labute approximate surface area is 115 Å². The molecule has 108 valence electrons. The van der Waals surface area contributed by atoms with Gasteiger partial charge in [0, 0.05) is 25.7 Å². The van der Waals surface area contributed by atoms with Gasteiger partial charge in [0.25, 0.3) is 11.6 Å². The van der Waals surface area contributed by atoms with Crippen molar-refractivity contribution in [2.45, 2.75) is 18.9 Å². The molecule has 1 aliphatic carbocycles. The van der Waals surface area contributed by atoms with Crippen LogP contribution in [0.1, 0.15) is 23.2 Å². The number of benzene rings is 1. The first-order valence-corrected chi connectivity index (χ1v) is 6.26. The van der Waals surface area contributed by atoms with Gasteiger partial charge < -0.3 is 10.0 Å². The Morgan fingerprint density at radius 1 is 1.55 bits per heavy atom. The van der Waals surface area contributed by atoms with E-state index >= 15 is 0 Å². The van der Waals surface area contributed by atoms with Gasteiger partial charge in [-0.2, -0.15) is 0 Å². The van der Waals surface area contributed by atoms with Gasteiger partial charge in [-0.1, -0.05) is 0 Å². The highest BCUT2D eigenvalue weighted by Crippen LogP contribution is 2.28. The second-order valence-electron chi connectivity index (χ2n) is 5.10. The van der Waals surface area contributed by atoms with Crippen molar-refractivity contribution in [1.82, 2.24) is 4.90 Å². The van der Waals surface area contributed by atoms with Crippen LogP contribution in [0.2, 0.25) is 0 Å². The number of aliphatic hydroxyl groups is 1. The van der Waals surface area contributed by atoms with Crippen LogP contribution in [0.25, 0.3) is 0 Å². The van der Waals surface area contributed by atoms with Crippen LogP contribution in [-0.4, -0.2) is 40.5 Å². The molecule has 0 spiro atoms. The summed E-state index contributed by atoms with van der Waals surface area (Å²) in [5.74, 6) is -1.17. The molecule has 1 aromatic rings. The molecule has 1 N–H and O–H groups in total. The van der Waals surface area contributed by atoms with Gasteiger partial charge >= 0.3 is 0 Å². The highest BCUT2D eigenvalue weighted by atomic mass is 19.1. The smallest absolute Gasteiger partial charge is 0.270 e. The van der Waals surface area contributed by atoms with Crippen LogP contribution in [0.5, 0.6) is 0 Å². The van der Waals surface area contributed by atoms with E-state index in [0.29, 0.717) is 19.4 Å². The number of rotatable bonds is 4. The molecule has 0 unspecified atom stereocenters. The molecule has 6 nitrogen and oxygen atoms in total. The Morgan fingerprint density at radius 3 is 2.75 bits per heavy atom. The lowest BCUT2D eigenvalue weighted by atomic mass is 9.82. The topological polar surface area (TPSA) is 83.7 Å². The third kappa shape index (κ3) is 2.93. The first-order chi connectivity index (χ1) is 9.38. The summed E-state index contributed by atoms with van der Waals surface area (Å²) in [5.41, 5.74) is -0.621. The standard InChI is InChI=1S/C13H15FN2O4/c1-15(7-8-4-10(17)5-8)13(18)11-6-9(16(19)20)2-3-12(11)14/h2-3,6,8,10,17H,4-5,7H2,1H3. The average molecular weight is 282 g/mol. The molecule has 0 heterocycles. The van der Waals surface area contributed by atoms with Crippen molar-refractivity contribution in [3.63, 3.8) is 0 Å². The number of carbonyl (C=O) groups is 1. The van der Waals surface area contributed by atoms with Gasteiger partial charge in [0.1, 0.15) is 5.82 Å². The van der Waals surface area contributed by atoms with E-state index in [1.54, 1.807) is 0 Å². The molecule has 1 aromatic carbocycles. The van der Waals surface area contributed by atoms with E-state index in [1.165, 1.54) is 11.9 Å². The van der Waals surface area contributed by atoms with E-state index in [4.69, 9.17) is 0 Å². The SMILES string of the molecule is CN(CC1CC(O)C1)C(=O)c1cc([N+](=O)[O-])ccc1F. The summed E-state index contributed by atoms with van der Waals surface area (Å²) in [4.78, 5) is 23.4. The molecule has 0 radical (unpaired) electrons. The van der Waals surface area contributed by atoms with Crippen LogP contribution in [-0.2, 0) is 0 Å². The van der Waals surface area contributed by atoms with Crippen LogP contribution in [0.15, 0.2) is 18.2 Å². The number of nitrogens with zero attached hydrogens (tertiary/aromatic N) is 2. The number of amides is 1. The van der Waals surface area contributed by atoms with Crippen LogP contribution in [0.4, 0.5) is 10.1 Å². The molecule has 1 saturated carbocycles. The first kappa shape index (κ1) is 14.4. The molecule has 2 rings (SSSR count). The molecule has 1 fully saturated rings. The molecular formula is C13H15FN2O4. The number of nitro groups is 1. The van der Waals surface area contributed by atoms with Crippen molar-refractivity contribution in [2.24, 2.45) is 5.92 Å². The van der Waals surface area contributed by atoms with Crippen molar-refractivity contribution in [1.29, 1.82) is 0 Å². The predicted octanol–water partition coefficient (Wildman–Crippen LogP) is 1.58. The normalized spacial score (nSPS) is 21.1. The first-order valence-electron chi connectivity index (χ1n) is 6.26. The number of aliphatic hydroxyl groups excluding tert-OH is 1. The van der Waals surface area contributed by atoms with Crippen LogP contribution in [0.3, 0.4) is 0 Å². The van der Waals surface area contributed by atoms with Crippen LogP contribution in [0, 0.1) is 21.8 Å². The fourth-order valence-corrected chi connectivity index (χ4v) is 2.32. The Balaban J connectivity index is 2.11. The summed E-state index contributed by atoms with van der Waals surface area (Å²) < 4.78 is 13.6. The maximum absolute atomic E-state index is 13.6. The fourth-order valence-electron chi connectivity index (χ4n) is 2.32. The number of nitro benzene ring substituents is 1. The van der Waals surface area contributed by atoms with E-state index in [-0.39, 0.29) is 23.3 Å². The third-order valence-corrected chi connectivity index (χ3v) is 3.48. The zero-order valence-corrected chi connectivity index (χ0v) is 11.0. The van der Waals surface area contributed by atoms with Gasteiger partial charge in [0.2, 0.25) is 0 Å². The highest BCUT2D eigenvalue weighted by Gasteiger charge is 2.30. The molecule has 1 amide bonds. The summed E-state index contributed by atoms with van der Waals surface area (Å²) in [7, 11) is 1.52. The molecule has 20 heavy (non-hydrogen) atoms. The van der Waals surface area contributed by atoms with Gasteiger partial charge in [-0.25, -0.2) is 4.39 Å². The number of non-ortho nitro benzene ring substituents is 1. The highest BCUT2D eigenvalue weighted by molar-refractivity contribution is 5.95. The van der Waals surface area contributed by atoms with E-state index in [1.807, 2.05) is 0 Å². The van der Waals surface area contributed by atoms with Gasteiger partial charge in [-0.05, 0) is 24.8 Å². The van der Waals surface area contributed by atoms with Crippen molar-refractivity contribution >= 4 is 11.6 Å². The quantitative estimate of drug-likeness (QED) is 0.671.